The number of hydrogen-bond acceptors (Lipinski definition) is 3. The molecule has 0 aliphatic heterocycles. The molecule has 146 valence electrons. The van der Waals surface area contributed by atoms with Crippen LogP contribution in [0.5, 0.6) is 0 Å². The average molecular weight is 400 g/mol. The van der Waals surface area contributed by atoms with E-state index in [0.29, 0.717) is 0 Å². The third kappa shape index (κ3) is 2.25. The summed E-state index contributed by atoms with van der Waals surface area (Å²) in [6.45, 7) is 0. The monoisotopic (exact) mass is 400 g/mol. The van der Waals surface area contributed by atoms with Crippen molar-refractivity contribution in [1.82, 2.24) is 20.3 Å². The number of hydrogen-bond donors (Lipinski definition) is 2. The van der Waals surface area contributed by atoms with E-state index in [4.69, 9.17) is 9.62 Å². The zero-order valence-electron chi connectivity index (χ0n) is 16.4. The predicted octanol–water partition coefficient (Wildman–Crippen LogP) is 6.67. The Bertz CT molecular complexity index is 1750. The second-order valence-corrected chi connectivity index (χ2v) is 7.73. The molecule has 0 saturated carbocycles. The van der Waals surface area contributed by atoms with Gasteiger partial charge in [0.25, 0.3) is 0 Å². The van der Waals surface area contributed by atoms with E-state index < -0.39 is 0 Å². The highest BCUT2D eigenvalue weighted by Crippen LogP contribution is 2.39. The van der Waals surface area contributed by atoms with Crippen molar-refractivity contribution in [2.75, 3.05) is 0 Å². The predicted molar refractivity (Wildman–Crippen MR) is 124 cm³/mol. The molecular weight excluding hydrogens is 384 g/mol. The zero-order valence-corrected chi connectivity index (χ0v) is 16.4. The number of fused-ring (bicyclic) bond motifs is 5. The molecule has 5 heteroatoms. The van der Waals surface area contributed by atoms with Crippen LogP contribution in [0.2, 0.25) is 0 Å². The molecule has 0 aliphatic carbocycles. The van der Waals surface area contributed by atoms with Gasteiger partial charge in [0.1, 0.15) is 11.0 Å². The third-order valence-corrected chi connectivity index (χ3v) is 6.01. The van der Waals surface area contributed by atoms with Crippen LogP contribution in [-0.4, -0.2) is 20.3 Å². The van der Waals surface area contributed by atoms with Gasteiger partial charge in [-0.05, 0) is 30.3 Å². The van der Waals surface area contributed by atoms with Crippen molar-refractivity contribution in [2.45, 2.75) is 0 Å². The highest BCUT2D eigenvalue weighted by molar-refractivity contribution is 6.16. The number of nitrogens with zero attached hydrogens (tertiary/aromatic N) is 2. The summed E-state index contributed by atoms with van der Waals surface area (Å²) in [5.74, 6) is 0.740. The Kier molecular flexibility index (Phi) is 3.21. The summed E-state index contributed by atoms with van der Waals surface area (Å²) in [6.07, 6.45) is 0. The van der Waals surface area contributed by atoms with Gasteiger partial charge in [-0.25, -0.2) is 0 Å². The minimum Gasteiger partial charge on any atom is -0.355 e. The second-order valence-electron chi connectivity index (χ2n) is 7.73. The normalized spacial score (nSPS) is 11.9. The summed E-state index contributed by atoms with van der Waals surface area (Å²) in [7, 11) is 0. The van der Waals surface area contributed by atoms with E-state index in [1.54, 1.807) is 0 Å². The molecule has 0 fully saturated rings. The van der Waals surface area contributed by atoms with Gasteiger partial charge in [-0.2, -0.15) is 5.10 Å². The molecule has 0 amide bonds. The molecule has 31 heavy (non-hydrogen) atoms. The lowest BCUT2D eigenvalue weighted by Gasteiger charge is -2.03. The standard InChI is InChI=1S/C26H16N4O/c1-3-12-20-15(7-1)23-17(9-6-14-22(23)27-20)24-18-10-5-11-19(25(18)29-28-24)26-16-8-2-4-13-21(16)30-31-26/h1-14,27H,(H,28,29). The first-order valence-electron chi connectivity index (χ1n) is 10.2. The Morgan fingerprint density at radius 3 is 2.35 bits per heavy atom. The van der Waals surface area contributed by atoms with Crippen LogP contribution in [0, 0.1) is 0 Å². The van der Waals surface area contributed by atoms with E-state index in [1.807, 2.05) is 36.4 Å². The summed E-state index contributed by atoms with van der Waals surface area (Å²) in [5, 5.41) is 16.7. The summed E-state index contributed by atoms with van der Waals surface area (Å²) in [5.41, 5.74) is 7.00. The van der Waals surface area contributed by atoms with E-state index >= 15 is 0 Å². The fraction of sp³-hybridized carbons (Fsp3) is 0. The van der Waals surface area contributed by atoms with Crippen molar-refractivity contribution in [2.24, 2.45) is 0 Å². The molecule has 5 nitrogen and oxygen atoms in total. The highest BCUT2D eigenvalue weighted by Gasteiger charge is 2.19. The van der Waals surface area contributed by atoms with Gasteiger partial charge in [-0.3, -0.25) is 5.10 Å². The molecule has 7 aromatic rings. The summed E-state index contributed by atoms with van der Waals surface area (Å²) in [4.78, 5) is 3.52. The summed E-state index contributed by atoms with van der Waals surface area (Å²) in [6, 6.07) is 28.8. The first-order valence-corrected chi connectivity index (χ1v) is 10.2. The van der Waals surface area contributed by atoms with Gasteiger partial charge in [-0.15, -0.1) is 0 Å². The first kappa shape index (κ1) is 16.4. The average Bonchev–Trinajstić information content (AvgIpc) is 3.53. The Labute approximate surface area is 176 Å². The number of benzene rings is 4. The first-order chi connectivity index (χ1) is 15.4. The van der Waals surface area contributed by atoms with Crippen LogP contribution in [0.15, 0.2) is 89.5 Å². The number of rotatable bonds is 2. The maximum absolute atomic E-state index is 5.73. The van der Waals surface area contributed by atoms with Crippen molar-refractivity contribution >= 4 is 43.6 Å². The zero-order chi connectivity index (χ0) is 20.4. The summed E-state index contributed by atoms with van der Waals surface area (Å²) >= 11 is 0. The Balaban J connectivity index is 1.52. The lowest BCUT2D eigenvalue weighted by atomic mass is 9.99. The van der Waals surface area contributed by atoms with Gasteiger partial charge in [-0.1, -0.05) is 59.8 Å². The van der Waals surface area contributed by atoms with Gasteiger partial charge in [0.05, 0.1) is 5.69 Å². The molecule has 0 atom stereocenters. The second kappa shape index (κ2) is 6.06. The van der Waals surface area contributed by atoms with Crippen molar-refractivity contribution in [3.63, 3.8) is 0 Å². The maximum Gasteiger partial charge on any atom is 0.176 e. The van der Waals surface area contributed by atoms with E-state index in [0.717, 1.165) is 55.4 Å². The molecule has 0 spiro atoms. The van der Waals surface area contributed by atoms with Crippen molar-refractivity contribution < 1.29 is 4.52 Å². The Morgan fingerprint density at radius 2 is 1.39 bits per heavy atom. The lowest BCUT2D eigenvalue weighted by molar-refractivity contribution is 0.441. The molecule has 7 rings (SSSR count). The van der Waals surface area contributed by atoms with Crippen molar-refractivity contribution in [3.05, 3.63) is 84.9 Å². The quantitative estimate of drug-likeness (QED) is 0.340. The topological polar surface area (TPSA) is 70.5 Å². The van der Waals surface area contributed by atoms with Crippen molar-refractivity contribution in [3.8, 4) is 22.6 Å². The molecule has 0 radical (unpaired) electrons. The van der Waals surface area contributed by atoms with Gasteiger partial charge in [0, 0.05) is 43.7 Å². The highest BCUT2D eigenvalue weighted by atomic mass is 16.5. The number of aromatic amines is 2. The molecule has 3 aromatic heterocycles. The fourth-order valence-corrected chi connectivity index (χ4v) is 4.62. The molecule has 0 unspecified atom stereocenters. The van der Waals surface area contributed by atoms with Crippen LogP contribution in [0.3, 0.4) is 0 Å². The van der Waals surface area contributed by atoms with Crippen LogP contribution < -0.4 is 0 Å². The molecular formula is C26H16N4O. The number of H-pyrrole nitrogens is 2. The largest absolute Gasteiger partial charge is 0.355 e. The van der Waals surface area contributed by atoms with Crippen LogP contribution in [-0.2, 0) is 0 Å². The molecule has 4 aromatic carbocycles. The lowest BCUT2D eigenvalue weighted by Crippen LogP contribution is -1.81. The maximum atomic E-state index is 5.73. The molecule has 0 saturated heterocycles. The van der Waals surface area contributed by atoms with E-state index in [1.165, 1.54) is 10.8 Å². The molecule has 0 bridgehead atoms. The Morgan fingerprint density at radius 1 is 0.645 bits per heavy atom. The van der Waals surface area contributed by atoms with E-state index in [-0.39, 0.29) is 0 Å². The fourth-order valence-electron chi connectivity index (χ4n) is 4.62. The molecule has 3 heterocycles. The van der Waals surface area contributed by atoms with Gasteiger partial charge in [0.15, 0.2) is 5.76 Å². The van der Waals surface area contributed by atoms with E-state index in [9.17, 15) is 0 Å². The SMILES string of the molecule is c1ccc2c(-c3cccc4c(-c5cccc6[nH]c7ccccc7c56)[nH]nc34)onc2c1. The number of para-hydroxylation sites is 2. The minimum atomic E-state index is 0.740. The van der Waals surface area contributed by atoms with Crippen LogP contribution in [0.25, 0.3) is 66.2 Å². The number of nitrogens with one attached hydrogen (secondary N) is 2. The molecule has 0 aliphatic rings. The van der Waals surface area contributed by atoms with Gasteiger partial charge in [0.2, 0.25) is 0 Å². The number of aromatic nitrogens is 4. The van der Waals surface area contributed by atoms with Gasteiger partial charge < -0.3 is 9.51 Å². The van der Waals surface area contributed by atoms with Crippen LogP contribution >= 0.6 is 0 Å². The van der Waals surface area contributed by atoms with E-state index in [2.05, 4.69) is 63.8 Å². The van der Waals surface area contributed by atoms with Crippen molar-refractivity contribution in [1.29, 1.82) is 0 Å². The van der Waals surface area contributed by atoms with Gasteiger partial charge >= 0.3 is 0 Å². The smallest absolute Gasteiger partial charge is 0.176 e. The van der Waals surface area contributed by atoms with Crippen LogP contribution in [0.4, 0.5) is 0 Å². The summed E-state index contributed by atoms with van der Waals surface area (Å²) < 4.78 is 5.73. The Hall–Kier alpha value is -4.38. The minimum absolute atomic E-state index is 0.740. The van der Waals surface area contributed by atoms with Crippen LogP contribution in [0.1, 0.15) is 0 Å². The third-order valence-electron chi connectivity index (χ3n) is 6.01. The molecule has 2 N–H and O–H groups in total.